The van der Waals surface area contributed by atoms with E-state index in [4.69, 9.17) is 9.47 Å². The molecular weight excluding hydrogens is 507 g/mol. The number of halogens is 1. The van der Waals surface area contributed by atoms with Crippen LogP contribution in [0.2, 0.25) is 0 Å². The highest BCUT2D eigenvalue weighted by Crippen LogP contribution is 2.29. The smallest absolute Gasteiger partial charge is 0.243 e. The number of amides is 2. The monoisotopic (exact) mass is 548 g/mol. The lowest BCUT2D eigenvalue weighted by atomic mass is 9.99. The number of carbonyl (C=O) groups excluding carboxylic acids is 2. The van der Waals surface area contributed by atoms with Crippen molar-refractivity contribution in [2.75, 3.05) is 13.2 Å². The summed E-state index contributed by atoms with van der Waals surface area (Å²) in [7, 11) is 0. The van der Waals surface area contributed by atoms with Crippen LogP contribution in [-0.4, -0.2) is 41.5 Å². The molecule has 0 saturated carbocycles. The molecule has 0 aliphatic rings. The van der Waals surface area contributed by atoms with Crippen LogP contribution < -0.4 is 14.8 Å². The molecule has 0 heterocycles. The lowest BCUT2D eigenvalue weighted by Crippen LogP contribution is -2.54. The van der Waals surface area contributed by atoms with Gasteiger partial charge in [-0.2, -0.15) is 0 Å². The van der Waals surface area contributed by atoms with Gasteiger partial charge < -0.3 is 19.7 Å². The Kier molecular flexibility index (Phi) is 11.1. The highest BCUT2D eigenvalue weighted by molar-refractivity contribution is 5.88. The van der Waals surface area contributed by atoms with Crippen LogP contribution in [-0.2, 0) is 29.0 Å². The number of benzene rings is 3. The third-order valence-corrected chi connectivity index (χ3v) is 6.30. The lowest BCUT2D eigenvalue weighted by molar-refractivity contribution is -0.142. The van der Waals surface area contributed by atoms with Crippen molar-refractivity contribution in [2.45, 2.75) is 72.0 Å². The van der Waals surface area contributed by atoms with Gasteiger partial charge in [-0.1, -0.05) is 54.6 Å². The molecule has 7 heteroatoms. The predicted molar refractivity (Wildman–Crippen MR) is 156 cm³/mol. The Morgan fingerprint density at radius 2 is 1.52 bits per heavy atom. The van der Waals surface area contributed by atoms with Gasteiger partial charge in [0.15, 0.2) is 11.5 Å². The van der Waals surface area contributed by atoms with Gasteiger partial charge in [0.25, 0.3) is 0 Å². The minimum Gasteiger partial charge on any atom is -0.490 e. The summed E-state index contributed by atoms with van der Waals surface area (Å²) in [5.41, 5.74) is 1.68. The Hall–Kier alpha value is -3.87. The number of aryl methyl sites for hydroxylation is 1. The second-order valence-electron chi connectivity index (χ2n) is 10.7. The van der Waals surface area contributed by atoms with E-state index < -0.39 is 17.4 Å². The molecule has 0 radical (unpaired) electrons. The molecule has 3 aromatic rings. The third kappa shape index (κ3) is 9.11. The molecule has 0 unspecified atom stereocenters. The zero-order valence-corrected chi connectivity index (χ0v) is 24.2. The lowest BCUT2D eigenvalue weighted by Gasteiger charge is -2.34. The molecule has 0 aromatic heterocycles. The number of nitrogens with zero attached hydrogens (tertiary/aromatic N) is 1. The van der Waals surface area contributed by atoms with Crippen molar-refractivity contribution in [3.8, 4) is 11.5 Å². The SMILES string of the molecule is CCOc1ccc(CCC(=O)N(Cc2ccccc2F)[C@@H](Cc2ccccc2)C(=O)NC(C)(C)C)cc1OCC. The van der Waals surface area contributed by atoms with Gasteiger partial charge in [0.2, 0.25) is 11.8 Å². The Morgan fingerprint density at radius 3 is 2.17 bits per heavy atom. The van der Waals surface area contributed by atoms with E-state index in [1.54, 1.807) is 18.2 Å². The molecule has 40 heavy (non-hydrogen) atoms. The van der Waals surface area contributed by atoms with E-state index in [9.17, 15) is 14.0 Å². The first-order chi connectivity index (χ1) is 19.1. The maximum absolute atomic E-state index is 14.8. The highest BCUT2D eigenvalue weighted by Gasteiger charge is 2.32. The van der Waals surface area contributed by atoms with Crippen LogP contribution in [0.15, 0.2) is 72.8 Å². The summed E-state index contributed by atoms with van der Waals surface area (Å²) in [5, 5.41) is 3.03. The van der Waals surface area contributed by atoms with Crippen molar-refractivity contribution >= 4 is 11.8 Å². The fraction of sp³-hybridized carbons (Fsp3) is 0.394. The van der Waals surface area contributed by atoms with E-state index in [0.29, 0.717) is 43.1 Å². The summed E-state index contributed by atoms with van der Waals surface area (Å²) in [6.07, 6.45) is 0.876. The molecule has 0 aliphatic carbocycles. The van der Waals surface area contributed by atoms with Crippen LogP contribution in [0, 0.1) is 5.82 Å². The molecule has 0 spiro atoms. The number of ether oxygens (including phenoxy) is 2. The second kappa shape index (κ2) is 14.5. The average Bonchev–Trinajstić information content (AvgIpc) is 2.91. The Balaban J connectivity index is 1.93. The molecule has 0 fully saturated rings. The van der Waals surface area contributed by atoms with Crippen LogP contribution in [0.3, 0.4) is 0 Å². The van der Waals surface area contributed by atoms with Gasteiger partial charge in [-0.15, -0.1) is 0 Å². The molecule has 214 valence electrons. The molecule has 0 aliphatic heterocycles. The van der Waals surface area contributed by atoms with E-state index in [1.807, 2.05) is 83.1 Å². The molecule has 3 rings (SSSR count). The standard InChI is InChI=1S/C33H41FN2O4/c1-6-39-29-19-17-25(22-30(29)40-7-2)18-20-31(37)36(23-26-15-11-12-16-27(26)34)28(32(38)35-33(3,4)5)21-24-13-9-8-10-14-24/h8-17,19,22,28H,6-7,18,20-21,23H2,1-5H3,(H,35,38)/t28-/m0/s1. The van der Waals surface area contributed by atoms with E-state index in [0.717, 1.165) is 11.1 Å². The summed E-state index contributed by atoms with van der Waals surface area (Å²) in [5.74, 6) is 0.357. The summed E-state index contributed by atoms with van der Waals surface area (Å²) in [6.45, 7) is 10.5. The van der Waals surface area contributed by atoms with Gasteiger partial charge in [0.1, 0.15) is 11.9 Å². The molecule has 0 saturated heterocycles. The van der Waals surface area contributed by atoms with Crippen LogP contribution >= 0.6 is 0 Å². The maximum Gasteiger partial charge on any atom is 0.243 e. The van der Waals surface area contributed by atoms with Crippen molar-refractivity contribution in [2.24, 2.45) is 0 Å². The summed E-state index contributed by atoms with van der Waals surface area (Å²) in [6, 6.07) is 20.8. The number of rotatable bonds is 13. The van der Waals surface area contributed by atoms with Crippen LogP contribution in [0.4, 0.5) is 4.39 Å². The average molecular weight is 549 g/mol. The van der Waals surface area contributed by atoms with Crippen LogP contribution in [0.1, 0.15) is 57.7 Å². The van der Waals surface area contributed by atoms with Crippen molar-refractivity contribution in [3.05, 3.63) is 95.3 Å². The first-order valence-electron chi connectivity index (χ1n) is 13.9. The quantitative estimate of drug-likeness (QED) is 0.280. The van der Waals surface area contributed by atoms with Crippen LogP contribution in [0.25, 0.3) is 0 Å². The van der Waals surface area contributed by atoms with Crippen molar-refractivity contribution < 1.29 is 23.5 Å². The summed E-state index contributed by atoms with van der Waals surface area (Å²) < 4.78 is 26.2. The van der Waals surface area contributed by atoms with Gasteiger partial charge in [0.05, 0.1) is 13.2 Å². The van der Waals surface area contributed by atoms with Gasteiger partial charge >= 0.3 is 0 Å². The first kappa shape index (κ1) is 30.7. The van der Waals surface area contributed by atoms with Gasteiger partial charge in [-0.25, -0.2) is 4.39 Å². The number of hydrogen-bond donors (Lipinski definition) is 1. The first-order valence-corrected chi connectivity index (χ1v) is 13.9. The highest BCUT2D eigenvalue weighted by atomic mass is 19.1. The van der Waals surface area contributed by atoms with Gasteiger partial charge in [-0.3, -0.25) is 9.59 Å². The molecule has 1 N–H and O–H groups in total. The van der Waals surface area contributed by atoms with Gasteiger partial charge in [-0.05, 0) is 70.4 Å². The van der Waals surface area contributed by atoms with Crippen molar-refractivity contribution in [1.82, 2.24) is 10.2 Å². The molecule has 2 amide bonds. The minimum absolute atomic E-state index is 0.0198. The Bertz CT molecular complexity index is 1260. The molecule has 1 atom stereocenters. The van der Waals surface area contributed by atoms with E-state index in [2.05, 4.69) is 5.32 Å². The number of carbonyl (C=O) groups is 2. The second-order valence-corrected chi connectivity index (χ2v) is 10.7. The third-order valence-electron chi connectivity index (χ3n) is 6.30. The van der Waals surface area contributed by atoms with Crippen molar-refractivity contribution in [3.63, 3.8) is 0 Å². The fourth-order valence-corrected chi connectivity index (χ4v) is 4.46. The largest absolute Gasteiger partial charge is 0.490 e. The topological polar surface area (TPSA) is 67.9 Å². The van der Waals surface area contributed by atoms with E-state index >= 15 is 0 Å². The van der Waals surface area contributed by atoms with Gasteiger partial charge in [0, 0.05) is 30.5 Å². The minimum atomic E-state index is -0.826. The number of hydrogen-bond acceptors (Lipinski definition) is 4. The van der Waals surface area contributed by atoms with E-state index in [-0.39, 0.29) is 24.8 Å². The normalized spacial score (nSPS) is 11.9. The molecule has 6 nitrogen and oxygen atoms in total. The summed E-state index contributed by atoms with van der Waals surface area (Å²) >= 11 is 0. The maximum atomic E-state index is 14.8. The zero-order valence-electron chi connectivity index (χ0n) is 24.2. The van der Waals surface area contributed by atoms with E-state index in [1.165, 1.54) is 11.0 Å². The Labute approximate surface area is 237 Å². The van der Waals surface area contributed by atoms with Crippen LogP contribution in [0.5, 0.6) is 11.5 Å². The molecule has 0 bridgehead atoms. The molecule has 3 aromatic carbocycles. The zero-order chi connectivity index (χ0) is 29.1. The predicted octanol–water partition coefficient (Wildman–Crippen LogP) is 6.11. The van der Waals surface area contributed by atoms with Crippen molar-refractivity contribution in [1.29, 1.82) is 0 Å². The summed E-state index contributed by atoms with van der Waals surface area (Å²) in [4.78, 5) is 29.0. The number of nitrogens with one attached hydrogen (secondary N) is 1. The molecular formula is C33H41FN2O4. The fourth-order valence-electron chi connectivity index (χ4n) is 4.46. The Morgan fingerprint density at radius 1 is 0.875 bits per heavy atom.